The molecule has 6 heteroatoms. The smallest absolute Gasteiger partial charge is 0.254 e. The molecule has 19 heavy (non-hydrogen) atoms. The third-order valence-electron chi connectivity index (χ3n) is 3.23. The molecule has 6 nitrogen and oxygen atoms in total. The van der Waals surface area contributed by atoms with Gasteiger partial charge in [0.15, 0.2) is 0 Å². The monoisotopic (exact) mass is 262 g/mol. The first-order valence-electron chi connectivity index (χ1n) is 6.30. The van der Waals surface area contributed by atoms with Crippen LogP contribution in [0.4, 0.5) is 0 Å². The molecule has 1 saturated heterocycles. The quantitative estimate of drug-likeness (QED) is 0.803. The summed E-state index contributed by atoms with van der Waals surface area (Å²) in [5.41, 5.74) is 6.72. The third-order valence-corrected chi connectivity index (χ3v) is 3.23. The van der Waals surface area contributed by atoms with Crippen molar-refractivity contribution in [3.63, 3.8) is 0 Å². The van der Waals surface area contributed by atoms with Crippen LogP contribution < -0.4 is 5.73 Å². The van der Waals surface area contributed by atoms with E-state index < -0.39 is 0 Å². The number of nitrogens with zero attached hydrogens (tertiary/aromatic N) is 3. The van der Waals surface area contributed by atoms with Crippen molar-refractivity contribution >= 4 is 11.8 Å². The molecule has 1 fully saturated rings. The molecule has 0 radical (unpaired) electrons. The maximum Gasteiger partial charge on any atom is 0.254 e. The second-order valence-electron chi connectivity index (χ2n) is 4.64. The van der Waals surface area contributed by atoms with Crippen LogP contribution in [0.1, 0.15) is 22.5 Å². The van der Waals surface area contributed by atoms with E-state index >= 15 is 0 Å². The zero-order valence-electron chi connectivity index (χ0n) is 11.0. The zero-order chi connectivity index (χ0) is 13.8. The van der Waals surface area contributed by atoms with Crippen molar-refractivity contribution in [3.05, 3.63) is 29.6 Å². The summed E-state index contributed by atoms with van der Waals surface area (Å²) in [6.45, 7) is 1.71. The first-order valence-corrected chi connectivity index (χ1v) is 6.30. The van der Waals surface area contributed by atoms with Crippen LogP contribution in [0.25, 0.3) is 0 Å². The summed E-state index contributed by atoms with van der Waals surface area (Å²) in [5.74, 6) is -0.167. The Morgan fingerprint density at radius 1 is 1.47 bits per heavy atom. The van der Waals surface area contributed by atoms with E-state index in [2.05, 4.69) is 4.98 Å². The third kappa shape index (κ3) is 3.08. The molecule has 0 aromatic carbocycles. The fraction of sp³-hybridized carbons (Fsp3) is 0.462. The summed E-state index contributed by atoms with van der Waals surface area (Å²) in [5, 5.41) is 0. The van der Waals surface area contributed by atoms with E-state index in [1.807, 2.05) is 0 Å². The molecule has 2 rings (SSSR count). The van der Waals surface area contributed by atoms with Crippen molar-refractivity contribution in [1.29, 1.82) is 0 Å². The van der Waals surface area contributed by atoms with E-state index in [1.165, 1.54) is 0 Å². The van der Waals surface area contributed by atoms with E-state index in [0.717, 1.165) is 6.42 Å². The minimum Gasteiger partial charge on any atom is -0.344 e. The Labute approximate surface area is 112 Å². The number of pyridine rings is 1. The van der Waals surface area contributed by atoms with Gasteiger partial charge in [-0.15, -0.1) is 0 Å². The summed E-state index contributed by atoms with van der Waals surface area (Å²) >= 11 is 0. The van der Waals surface area contributed by atoms with Gasteiger partial charge < -0.3 is 15.5 Å². The van der Waals surface area contributed by atoms with Crippen LogP contribution >= 0.6 is 0 Å². The summed E-state index contributed by atoms with van der Waals surface area (Å²) in [6.07, 6.45) is 2.37. The average molecular weight is 262 g/mol. The van der Waals surface area contributed by atoms with Gasteiger partial charge in [0.05, 0.1) is 5.69 Å². The Morgan fingerprint density at radius 3 is 3.00 bits per heavy atom. The predicted molar refractivity (Wildman–Crippen MR) is 70.3 cm³/mol. The van der Waals surface area contributed by atoms with Crippen molar-refractivity contribution < 1.29 is 9.59 Å². The Hall–Kier alpha value is -1.95. The number of aromatic nitrogens is 1. The van der Waals surface area contributed by atoms with Crippen LogP contribution in [0, 0.1) is 0 Å². The summed E-state index contributed by atoms with van der Waals surface area (Å²) in [4.78, 5) is 31.4. The second-order valence-corrected chi connectivity index (χ2v) is 4.64. The topological polar surface area (TPSA) is 79.5 Å². The van der Waals surface area contributed by atoms with Crippen LogP contribution in [0.15, 0.2) is 18.3 Å². The molecule has 0 spiro atoms. The maximum atomic E-state index is 12.4. The molecule has 2 heterocycles. The molecule has 1 aliphatic rings. The first kappa shape index (κ1) is 13.5. The SMILES string of the molecule is CN1CCCN(C(=O)c2ccnc(CN)c2)CC1=O. The molecule has 102 valence electrons. The van der Waals surface area contributed by atoms with Gasteiger partial charge >= 0.3 is 0 Å². The van der Waals surface area contributed by atoms with Gasteiger partial charge in [0.1, 0.15) is 6.54 Å². The van der Waals surface area contributed by atoms with Gasteiger partial charge in [-0.3, -0.25) is 14.6 Å². The molecule has 0 unspecified atom stereocenters. The van der Waals surface area contributed by atoms with E-state index in [9.17, 15) is 9.59 Å². The van der Waals surface area contributed by atoms with Crippen molar-refractivity contribution in [2.24, 2.45) is 5.73 Å². The highest BCUT2D eigenvalue weighted by atomic mass is 16.2. The highest BCUT2D eigenvalue weighted by Crippen LogP contribution is 2.10. The molecule has 1 aromatic rings. The Kier molecular flexibility index (Phi) is 4.11. The molecule has 2 N–H and O–H groups in total. The van der Waals surface area contributed by atoms with Gasteiger partial charge in [0.25, 0.3) is 5.91 Å². The van der Waals surface area contributed by atoms with Crippen molar-refractivity contribution in [2.75, 3.05) is 26.7 Å². The zero-order valence-corrected chi connectivity index (χ0v) is 11.0. The second kappa shape index (κ2) is 5.79. The summed E-state index contributed by atoms with van der Waals surface area (Å²) in [7, 11) is 1.76. The van der Waals surface area contributed by atoms with E-state index in [4.69, 9.17) is 5.73 Å². The van der Waals surface area contributed by atoms with Crippen LogP contribution in [0.3, 0.4) is 0 Å². The number of carbonyl (C=O) groups excluding carboxylic acids is 2. The predicted octanol–water partition coefficient (Wildman–Crippen LogP) is -0.155. The van der Waals surface area contributed by atoms with E-state index in [1.54, 1.807) is 35.2 Å². The number of amides is 2. The molecule has 1 aromatic heterocycles. The highest BCUT2D eigenvalue weighted by Gasteiger charge is 2.23. The van der Waals surface area contributed by atoms with Crippen molar-refractivity contribution in [2.45, 2.75) is 13.0 Å². The molecule has 0 bridgehead atoms. The van der Waals surface area contributed by atoms with Gasteiger partial charge in [0, 0.05) is 38.4 Å². The molecule has 0 aliphatic carbocycles. The van der Waals surface area contributed by atoms with Crippen molar-refractivity contribution in [1.82, 2.24) is 14.8 Å². The highest BCUT2D eigenvalue weighted by molar-refractivity contribution is 5.96. The van der Waals surface area contributed by atoms with Crippen LogP contribution in [-0.4, -0.2) is 53.3 Å². The normalized spacial score (nSPS) is 16.4. The minimum absolute atomic E-state index is 0.0287. The molecule has 2 amide bonds. The Morgan fingerprint density at radius 2 is 2.26 bits per heavy atom. The fourth-order valence-electron chi connectivity index (χ4n) is 2.07. The molecule has 0 saturated carbocycles. The lowest BCUT2D eigenvalue weighted by atomic mass is 10.2. The van der Waals surface area contributed by atoms with Crippen LogP contribution in [-0.2, 0) is 11.3 Å². The molecular formula is C13H18N4O2. The number of hydrogen-bond acceptors (Lipinski definition) is 4. The Bertz CT molecular complexity index is 489. The van der Waals surface area contributed by atoms with Gasteiger partial charge in [-0.05, 0) is 18.6 Å². The van der Waals surface area contributed by atoms with Crippen LogP contribution in [0.5, 0.6) is 0 Å². The Balaban J connectivity index is 2.16. The van der Waals surface area contributed by atoms with Gasteiger partial charge in [-0.25, -0.2) is 0 Å². The van der Waals surface area contributed by atoms with E-state index in [0.29, 0.717) is 30.9 Å². The number of carbonyl (C=O) groups is 2. The first-order chi connectivity index (χ1) is 9.11. The lowest BCUT2D eigenvalue weighted by Crippen LogP contribution is -2.38. The van der Waals surface area contributed by atoms with Gasteiger partial charge in [-0.1, -0.05) is 0 Å². The average Bonchev–Trinajstić information content (AvgIpc) is 2.60. The summed E-state index contributed by atoms with van der Waals surface area (Å²) in [6, 6.07) is 3.34. The number of likely N-dealkylation sites (N-methyl/N-ethyl adjacent to an activating group) is 1. The number of rotatable bonds is 2. The maximum absolute atomic E-state index is 12.4. The molecule has 1 aliphatic heterocycles. The lowest BCUT2D eigenvalue weighted by Gasteiger charge is -2.19. The molecular weight excluding hydrogens is 244 g/mol. The lowest BCUT2D eigenvalue weighted by molar-refractivity contribution is -0.129. The fourth-order valence-corrected chi connectivity index (χ4v) is 2.07. The van der Waals surface area contributed by atoms with Gasteiger partial charge in [-0.2, -0.15) is 0 Å². The summed E-state index contributed by atoms with van der Waals surface area (Å²) < 4.78 is 0. The number of nitrogens with two attached hydrogens (primary N) is 1. The number of hydrogen-bond donors (Lipinski definition) is 1. The molecule has 0 atom stereocenters. The van der Waals surface area contributed by atoms with Crippen molar-refractivity contribution in [3.8, 4) is 0 Å². The van der Waals surface area contributed by atoms with Gasteiger partial charge in [0.2, 0.25) is 5.91 Å². The largest absolute Gasteiger partial charge is 0.344 e. The van der Waals surface area contributed by atoms with Crippen LogP contribution in [0.2, 0.25) is 0 Å². The van der Waals surface area contributed by atoms with E-state index in [-0.39, 0.29) is 18.4 Å². The minimum atomic E-state index is -0.138. The standard InChI is InChI=1S/C13H18N4O2/c1-16-5-2-6-17(9-12(16)18)13(19)10-3-4-15-11(7-10)8-14/h3-4,7H,2,5-6,8-9,14H2,1H3.